The SMILES string of the molecule is CC(CC1CCCS1)Oc1ncc(C(C)(C)N=[N+]=[N-])c2cc(Cl)ncc12. The second kappa shape index (κ2) is 7.91. The number of hydrogen-bond donors (Lipinski definition) is 0. The maximum absolute atomic E-state index is 8.87. The van der Waals surface area contributed by atoms with Gasteiger partial charge in [-0.05, 0) is 54.5 Å². The molecule has 2 aromatic rings. The lowest BCUT2D eigenvalue weighted by Gasteiger charge is -2.23. The number of ether oxygens (including phenoxy) is 1. The maximum atomic E-state index is 8.87. The average Bonchev–Trinajstić information content (AvgIpc) is 3.07. The largest absolute Gasteiger partial charge is 0.474 e. The number of aromatic nitrogens is 2. The zero-order valence-corrected chi connectivity index (χ0v) is 16.7. The Balaban J connectivity index is 1.95. The van der Waals surface area contributed by atoms with E-state index in [0.29, 0.717) is 16.3 Å². The molecule has 6 nitrogen and oxygen atoms in total. The fourth-order valence-corrected chi connectivity index (χ4v) is 4.84. The number of azide groups is 1. The second-order valence-electron chi connectivity index (χ2n) is 7.08. The minimum atomic E-state index is -0.755. The predicted octanol–water partition coefficient (Wildman–Crippen LogP) is 5.88. The number of rotatable bonds is 6. The number of pyridine rings is 2. The van der Waals surface area contributed by atoms with Gasteiger partial charge in [-0.25, -0.2) is 9.97 Å². The topological polar surface area (TPSA) is 83.8 Å². The molecule has 138 valence electrons. The fraction of sp³-hybridized carbons (Fsp3) is 0.556. The highest BCUT2D eigenvalue weighted by molar-refractivity contribution is 8.00. The summed E-state index contributed by atoms with van der Waals surface area (Å²) >= 11 is 8.13. The molecular weight excluding hydrogens is 370 g/mol. The normalized spacial score (nSPS) is 18.5. The van der Waals surface area contributed by atoms with Crippen molar-refractivity contribution in [2.45, 2.75) is 56.9 Å². The van der Waals surface area contributed by atoms with Crippen molar-refractivity contribution in [2.75, 3.05) is 5.75 Å². The highest BCUT2D eigenvalue weighted by Crippen LogP contribution is 2.36. The van der Waals surface area contributed by atoms with Crippen molar-refractivity contribution in [2.24, 2.45) is 5.11 Å². The van der Waals surface area contributed by atoms with Crippen molar-refractivity contribution < 1.29 is 4.74 Å². The molecule has 2 unspecified atom stereocenters. The molecule has 0 radical (unpaired) electrons. The van der Waals surface area contributed by atoms with Crippen molar-refractivity contribution in [1.29, 1.82) is 0 Å². The fourth-order valence-electron chi connectivity index (χ4n) is 3.27. The summed E-state index contributed by atoms with van der Waals surface area (Å²) in [5.41, 5.74) is 8.91. The van der Waals surface area contributed by atoms with E-state index < -0.39 is 5.54 Å². The molecule has 3 heterocycles. The summed E-state index contributed by atoms with van der Waals surface area (Å²) in [7, 11) is 0. The Labute approximate surface area is 162 Å². The number of hydrogen-bond acceptors (Lipinski definition) is 5. The lowest BCUT2D eigenvalue weighted by Crippen LogP contribution is -2.19. The third-order valence-electron chi connectivity index (χ3n) is 4.59. The standard InChI is InChI=1S/C18H22ClN5OS/c1-11(7-12-5-4-6-26-12)25-17-14-9-21-16(19)8-13(14)15(10-22-17)18(2,3)23-24-20/h8-12H,4-7H2,1-3H3. The summed E-state index contributed by atoms with van der Waals surface area (Å²) in [6.45, 7) is 5.77. The smallest absolute Gasteiger partial charge is 0.223 e. The van der Waals surface area contributed by atoms with Crippen LogP contribution in [0.4, 0.5) is 0 Å². The molecule has 0 saturated carbocycles. The van der Waals surface area contributed by atoms with Crippen LogP contribution in [0.25, 0.3) is 21.2 Å². The molecule has 1 saturated heterocycles. The minimum absolute atomic E-state index is 0.0629. The highest BCUT2D eigenvalue weighted by Gasteiger charge is 2.25. The number of halogens is 1. The van der Waals surface area contributed by atoms with Gasteiger partial charge in [0.15, 0.2) is 0 Å². The maximum Gasteiger partial charge on any atom is 0.223 e. The van der Waals surface area contributed by atoms with Gasteiger partial charge < -0.3 is 4.74 Å². The Hall–Kier alpha value is -1.69. The summed E-state index contributed by atoms with van der Waals surface area (Å²) < 4.78 is 6.15. The van der Waals surface area contributed by atoms with Gasteiger partial charge in [0, 0.05) is 22.6 Å². The molecular formula is C18H22ClN5OS. The number of fused-ring (bicyclic) bond motifs is 1. The Bertz CT molecular complexity index is 847. The summed E-state index contributed by atoms with van der Waals surface area (Å²) in [5, 5.41) is 6.56. The van der Waals surface area contributed by atoms with Gasteiger partial charge in [-0.1, -0.05) is 30.6 Å². The van der Waals surface area contributed by atoms with Gasteiger partial charge in [0.1, 0.15) is 5.15 Å². The molecule has 0 amide bonds. The van der Waals surface area contributed by atoms with E-state index in [4.69, 9.17) is 21.9 Å². The van der Waals surface area contributed by atoms with Crippen LogP contribution in [0.1, 0.15) is 45.6 Å². The van der Waals surface area contributed by atoms with Crippen LogP contribution < -0.4 is 4.74 Å². The van der Waals surface area contributed by atoms with Gasteiger partial charge in [-0.2, -0.15) is 11.8 Å². The average molecular weight is 392 g/mol. The van der Waals surface area contributed by atoms with Crippen LogP contribution in [-0.4, -0.2) is 27.1 Å². The first-order valence-electron chi connectivity index (χ1n) is 8.70. The molecule has 8 heteroatoms. The number of thioether (sulfide) groups is 1. The van der Waals surface area contributed by atoms with Crippen LogP contribution in [-0.2, 0) is 5.54 Å². The van der Waals surface area contributed by atoms with Gasteiger partial charge in [-0.3, -0.25) is 0 Å². The molecule has 3 rings (SSSR count). The Morgan fingerprint density at radius 3 is 2.92 bits per heavy atom. The Morgan fingerprint density at radius 2 is 2.23 bits per heavy atom. The molecule has 1 aliphatic rings. The summed E-state index contributed by atoms with van der Waals surface area (Å²) in [6.07, 6.45) is 6.98. The van der Waals surface area contributed by atoms with Crippen molar-refractivity contribution in [3.05, 3.63) is 39.6 Å². The predicted molar refractivity (Wildman–Crippen MR) is 107 cm³/mol. The van der Waals surface area contributed by atoms with Gasteiger partial charge >= 0.3 is 0 Å². The molecule has 0 spiro atoms. The quantitative estimate of drug-likeness (QED) is 0.266. The van der Waals surface area contributed by atoms with E-state index in [2.05, 4.69) is 26.9 Å². The number of nitrogens with zero attached hydrogens (tertiary/aromatic N) is 5. The van der Waals surface area contributed by atoms with Gasteiger partial charge in [0.2, 0.25) is 5.88 Å². The van der Waals surface area contributed by atoms with Crippen LogP contribution in [0.3, 0.4) is 0 Å². The molecule has 0 bridgehead atoms. The summed E-state index contributed by atoms with van der Waals surface area (Å²) in [6, 6.07) is 1.77. The van der Waals surface area contributed by atoms with E-state index in [1.165, 1.54) is 18.6 Å². The zero-order valence-electron chi connectivity index (χ0n) is 15.1. The molecule has 2 aromatic heterocycles. The molecule has 0 N–H and O–H groups in total. The van der Waals surface area contributed by atoms with Gasteiger partial charge in [0.25, 0.3) is 0 Å². The summed E-state index contributed by atoms with van der Waals surface area (Å²) in [4.78, 5) is 11.6. The molecule has 26 heavy (non-hydrogen) atoms. The van der Waals surface area contributed by atoms with E-state index >= 15 is 0 Å². The van der Waals surface area contributed by atoms with Crippen molar-refractivity contribution >= 4 is 34.1 Å². The molecule has 2 atom stereocenters. The molecule has 0 aliphatic carbocycles. The minimum Gasteiger partial charge on any atom is -0.474 e. The lowest BCUT2D eigenvalue weighted by molar-refractivity contribution is 0.204. The highest BCUT2D eigenvalue weighted by atomic mass is 35.5. The second-order valence-corrected chi connectivity index (χ2v) is 8.87. The van der Waals surface area contributed by atoms with Crippen molar-refractivity contribution in [3.8, 4) is 5.88 Å². The summed E-state index contributed by atoms with van der Waals surface area (Å²) in [5.74, 6) is 1.78. The van der Waals surface area contributed by atoms with Crippen LogP contribution >= 0.6 is 23.4 Å². The van der Waals surface area contributed by atoms with Gasteiger partial charge in [0.05, 0.1) is 17.0 Å². The van der Waals surface area contributed by atoms with Crippen molar-refractivity contribution in [3.63, 3.8) is 0 Å². The van der Waals surface area contributed by atoms with Crippen LogP contribution in [0.15, 0.2) is 23.6 Å². The first-order valence-corrected chi connectivity index (χ1v) is 10.1. The van der Waals surface area contributed by atoms with E-state index in [9.17, 15) is 0 Å². The van der Waals surface area contributed by atoms with E-state index in [1.807, 2.05) is 25.6 Å². The van der Waals surface area contributed by atoms with Crippen molar-refractivity contribution in [1.82, 2.24) is 9.97 Å². The lowest BCUT2D eigenvalue weighted by atomic mass is 9.93. The van der Waals surface area contributed by atoms with E-state index in [0.717, 1.165) is 22.8 Å². The first-order chi connectivity index (χ1) is 12.4. The Kier molecular flexibility index (Phi) is 5.80. The van der Waals surface area contributed by atoms with Crippen LogP contribution in [0.2, 0.25) is 5.15 Å². The third kappa shape index (κ3) is 4.17. The molecule has 1 aliphatic heterocycles. The molecule has 0 aromatic carbocycles. The zero-order chi connectivity index (χ0) is 18.7. The first kappa shape index (κ1) is 19.1. The third-order valence-corrected chi connectivity index (χ3v) is 6.22. The molecule has 1 fully saturated rings. The van der Waals surface area contributed by atoms with Gasteiger partial charge in [-0.15, -0.1) is 0 Å². The van der Waals surface area contributed by atoms with Crippen LogP contribution in [0.5, 0.6) is 5.88 Å². The van der Waals surface area contributed by atoms with E-state index in [-0.39, 0.29) is 6.10 Å². The Morgan fingerprint density at radius 1 is 1.42 bits per heavy atom. The monoisotopic (exact) mass is 391 g/mol. The van der Waals surface area contributed by atoms with E-state index in [1.54, 1.807) is 18.5 Å². The van der Waals surface area contributed by atoms with Crippen LogP contribution in [0, 0.1) is 0 Å².